The molecule has 0 aromatic rings. The molecule has 1 heterocycles. The van der Waals surface area contributed by atoms with Crippen molar-refractivity contribution in [3.63, 3.8) is 0 Å². The van der Waals surface area contributed by atoms with E-state index in [-0.39, 0.29) is 32.2 Å². The van der Waals surface area contributed by atoms with E-state index in [1.807, 2.05) is 6.66 Å². The maximum absolute atomic E-state index is 11.0. The van der Waals surface area contributed by atoms with Gasteiger partial charge in [0.15, 0.2) is 0 Å². The molecule has 5 heteroatoms. The zero-order valence-electron chi connectivity index (χ0n) is 5.50. The third-order valence-corrected chi connectivity index (χ3v) is 2.67. The molecule has 2 amide bonds. The topological polar surface area (TPSA) is 37.4 Å². The summed E-state index contributed by atoms with van der Waals surface area (Å²) in [6.07, 6.45) is 0.267. The predicted molar refractivity (Wildman–Crippen MR) is 43.5 cm³/mol. The average Bonchev–Trinajstić information content (AvgIpc) is 2.09. The fourth-order valence-corrected chi connectivity index (χ4v) is 1.95. The third-order valence-electron chi connectivity index (χ3n) is 1.35. The minimum absolute atomic E-state index is 0.0918. The first-order valence-corrected chi connectivity index (χ1v) is 4.85. The Morgan fingerprint density at radius 2 is 2.30 bits per heavy atom. The molecule has 1 aliphatic heterocycles. The minimum atomic E-state index is -0.389. The summed E-state index contributed by atoms with van der Waals surface area (Å²) < 4.78 is 1.26. The molecule has 1 fully saturated rings. The maximum Gasteiger partial charge on any atom is 0.245 e. The SMILES string of the molecule is CPN1C(=O)CC(S)C1=O. The van der Waals surface area contributed by atoms with Crippen molar-refractivity contribution < 1.29 is 9.59 Å². The van der Waals surface area contributed by atoms with E-state index in [4.69, 9.17) is 0 Å². The number of nitrogens with zero attached hydrogens (tertiary/aromatic N) is 1. The lowest BCUT2D eigenvalue weighted by Gasteiger charge is -2.08. The van der Waals surface area contributed by atoms with Gasteiger partial charge in [-0.1, -0.05) is 0 Å². The number of imide groups is 1. The van der Waals surface area contributed by atoms with Gasteiger partial charge in [-0.05, 0) is 15.4 Å². The van der Waals surface area contributed by atoms with Crippen molar-refractivity contribution in [2.24, 2.45) is 0 Å². The summed E-state index contributed by atoms with van der Waals surface area (Å²) in [5.41, 5.74) is 0. The Morgan fingerprint density at radius 1 is 1.70 bits per heavy atom. The van der Waals surface area contributed by atoms with E-state index in [1.165, 1.54) is 4.67 Å². The largest absolute Gasteiger partial charge is 0.274 e. The molecule has 1 saturated heterocycles. The Kier molecular flexibility index (Phi) is 2.32. The van der Waals surface area contributed by atoms with E-state index in [9.17, 15) is 9.59 Å². The van der Waals surface area contributed by atoms with Crippen LogP contribution in [0.25, 0.3) is 0 Å². The molecule has 56 valence electrons. The van der Waals surface area contributed by atoms with E-state index in [0.717, 1.165) is 0 Å². The van der Waals surface area contributed by atoms with Gasteiger partial charge in [-0.15, -0.1) is 0 Å². The number of thiol groups is 1. The van der Waals surface area contributed by atoms with E-state index in [1.54, 1.807) is 0 Å². The molecular formula is C5H8NO2PS. The summed E-state index contributed by atoms with van der Waals surface area (Å²) in [6, 6.07) is 0. The first-order chi connectivity index (χ1) is 4.66. The van der Waals surface area contributed by atoms with Crippen molar-refractivity contribution in [1.29, 1.82) is 0 Å². The number of carbonyl (C=O) groups is 2. The van der Waals surface area contributed by atoms with Crippen LogP contribution >= 0.6 is 21.4 Å². The Hall–Kier alpha value is -0.0800. The van der Waals surface area contributed by atoms with Crippen molar-refractivity contribution in [2.45, 2.75) is 11.7 Å². The van der Waals surface area contributed by atoms with Gasteiger partial charge in [-0.2, -0.15) is 12.6 Å². The summed E-state index contributed by atoms with van der Waals surface area (Å²) in [5, 5.41) is -0.389. The summed E-state index contributed by atoms with van der Waals surface area (Å²) in [6.45, 7) is 1.81. The lowest BCUT2D eigenvalue weighted by Crippen LogP contribution is -2.21. The van der Waals surface area contributed by atoms with Crippen LogP contribution in [0, 0.1) is 0 Å². The van der Waals surface area contributed by atoms with Crippen molar-refractivity contribution in [1.82, 2.24) is 4.67 Å². The lowest BCUT2D eigenvalue weighted by atomic mass is 10.4. The van der Waals surface area contributed by atoms with Crippen LogP contribution in [0.3, 0.4) is 0 Å². The van der Waals surface area contributed by atoms with Crippen molar-refractivity contribution >= 4 is 33.2 Å². The number of hydrogen-bond acceptors (Lipinski definition) is 3. The molecule has 0 aromatic heterocycles. The van der Waals surface area contributed by atoms with Gasteiger partial charge in [0.25, 0.3) is 0 Å². The standard InChI is InChI=1S/C5H8NO2PS/c1-9-6-4(7)2-3(10)5(6)8/h3,9-10H,2H2,1H3. The Bertz CT molecular complexity index is 184. The summed E-state index contributed by atoms with van der Waals surface area (Å²) in [4.78, 5) is 21.9. The summed E-state index contributed by atoms with van der Waals surface area (Å²) in [5.74, 6) is -0.236. The molecule has 0 aliphatic carbocycles. The second-order valence-corrected chi connectivity index (χ2v) is 3.53. The first kappa shape index (κ1) is 8.02. The van der Waals surface area contributed by atoms with Crippen LogP contribution in [-0.4, -0.2) is 28.4 Å². The number of rotatable bonds is 1. The van der Waals surface area contributed by atoms with Crippen molar-refractivity contribution in [3.05, 3.63) is 0 Å². The van der Waals surface area contributed by atoms with Gasteiger partial charge in [-0.25, -0.2) is 0 Å². The smallest absolute Gasteiger partial charge is 0.245 e. The van der Waals surface area contributed by atoms with Crippen LogP contribution in [0.1, 0.15) is 6.42 Å². The van der Waals surface area contributed by atoms with Crippen LogP contribution in [0.5, 0.6) is 0 Å². The quantitative estimate of drug-likeness (QED) is 0.354. The second kappa shape index (κ2) is 2.89. The Morgan fingerprint density at radius 3 is 2.50 bits per heavy atom. The van der Waals surface area contributed by atoms with Gasteiger partial charge in [0.2, 0.25) is 11.8 Å². The Balaban J connectivity index is 2.74. The van der Waals surface area contributed by atoms with Gasteiger partial charge >= 0.3 is 0 Å². The monoisotopic (exact) mass is 177 g/mol. The highest BCUT2D eigenvalue weighted by atomic mass is 32.1. The minimum Gasteiger partial charge on any atom is -0.274 e. The van der Waals surface area contributed by atoms with Gasteiger partial charge in [0.1, 0.15) is 0 Å². The number of amides is 2. The third kappa shape index (κ3) is 1.18. The van der Waals surface area contributed by atoms with Crippen LogP contribution < -0.4 is 0 Å². The molecule has 2 atom stereocenters. The molecule has 0 N–H and O–H groups in total. The van der Waals surface area contributed by atoms with Crippen LogP contribution in [0.4, 0.5) is 0 Å². The highest BCUT2D eigenvalue weighted by Gasteiger charge is 2.34. The molecule has 0 aromatic carbocycles. The van der Waals surface area contributed by atoms with Gasteiger partial charge in [0, 0.05) is 6.42 Å². The average molecular weight is 177 g/mol. The molecule has 1 rings (SSSR count). The van der Waals surface area contributed by atoms with Crippen molar-refractivity contribution in [3.8, 4) is 0 Å². The fourth-order valence-electron chi connectivity index (χ4n) is 0.851. The van der Waals surface area contributed by atoms with Gasteiger partial charge in [0.05, 0.1) is 5.25 Å². The van der Waals surface area contributed by atoms with Gasteiger partial charge < -0.3 is 0 Å². The Labute approximate surface area is 66.4 Å². The highest BCUT2D eigenvalue weighted by Crippen LogP contribution is 2.26. The van der Waals surface area contributed by atoms with E-state index >= 15 is 0 Å². The molecule has 10 heavy (non-hydrogen) atoms. The van der Waals surface area contributed by atoms with Crippen molar-refractivity contribution in [2.75, 3.05) is 6.66 Å². The first-order valence-electron chi connectivity index (χ1n) is 2.89. The maximum atomic E-state index is 11.0. The molecule has 0 spiro atoms. The lowest BCUT2D eigenvalue weighted by molar-refractivity contribution is -0.131. The van der Waals surface area contributed by atoms with E-state index < -0.39 is 0 Å². The summed E-state index contributed by atoms with van der Waals surface area (Å²) in [7, 11) is 0.243. The normalized spacial score (nSPS) is 27.4. The zero-order valence-corrected chi connectivity index (χ0v) is 7.39. The molecule has 3 nitrogen and oxygen atoms in total. The summed E-state index contributed by atoms with van der Waals surface area (Å²) >= 11 is 3.95. The van der Waals surface area contributed by atoms with Crippen LogP contribution in [-0.2, 0) is 9.59 Å². The molecular weight excluding hydrogens is 169 g/mol. The zero-order chi connectivity index (χ0) is 7.72. The molecule has 1 aliphatic rings. The molecule has 0 bridgehead atoms. The van der Waals surface area contributed by atoms with Crippen LogP contribution in [0.15, 0.2) is 0 Å². The van der Waals surface area contributed by atoms with E-state index in [0.29, 0.717) is 0 Å². The molecule has 2 unspecified atom stereocenters. The van der Waals surface area contributed by atoms with Gasteiger partial charge in [-0.3, -0.25) is 14.3 Å². The number of carbonyl (C=O) groups excluding carboxylic acids is 2. The second-order valence-electron chi connectivity index (χ2n) is 2.01. The van der Waals surface area contributed by atoms with Crippen LogP contribution in [0.2, 0.25) is 0 Å². The fraction of sp³-hybridized carbons (Fsp3) is 0.600. The molecule has 0 radical (unpaired) electrons. The molecule has 0 saturated carbocycles. The predicted octanol–water partition coefficient (Wildman–Crippen LogP) is 0.267. The van der Waals surface area contributed by atoms with E-state index in [2.05, 4.69) is 12.6 Å². The number of hydrogen-bond donors (Lipinski definition) is 1. The highest BCUT2D eigenvalue weighted by molar-refractivity contribution is 7.82.